The van der Waals surface area contributed by atoms with Crippen LogP contribution in [0.5, 0.6) is 0 Å². The van der Waals surface area contributed by atoms with Crippen LogP contribution in [-0.2, 0) is 67.3 Å². The molecule has 0 spiro atoms. The van der Waals surface area contributed by atoms with Crippen molar-refractivity contribution in [2.75, 3.05) is 25.6 Å². The lowest BCUT2D eigenvalue weighted by Crippen LogP contribution is -2.82. The van der Waals surface area contributed by atoms with Crippen LogP contribution in [0.3, 0.4) is 0 Å². The lowest BCUT2D eigenvalue weighted by atomic mass is 9.44. The average Bonchev–Trinajstić information content (AvgIpc) is 3.35. The minimum absolute atomic E-state index is 0.00570. The van der Waals surface area contributed by atoms with Gasteiger partial charge in [0.15, 0.2) is 17.5 Å². The van der Waals surface area contributed by atoms with Gasteiger partial charge in [0, 0.05) is 37.7 Å². The molecule has 3 aliphatic carbocycles. The molecule has 75 heavy (non-hydrogen) atoms. The van der Waals surface area contributed by atoms with Gasteiger partial charge in [0.05, 0.1) is 42.0 Å². The van der Waals surface area contributed by atoms with Crippen LogP contribution in [0.25, 0.3) is 0 Å². The van der Waals surface area contributed by atoms with Gasteiger partial charge in [-0.15, -0.1) is 0 Å². The number of rotatable bonds is 17. The van der Waals surface area contributed by atoms with Crippen molar-refractivity contribution < 1.29 is 90.0 Å². The zero-order chi connectivity index (χ0) is 54.8. The van der Waals surface area contributed by atoms with Gasteiger partial charge in [-0.1, -0.05) is 80.6 Å². The molecule has 402 valence electrons. The number of carbonyl (C=O) groups is 8. The van der Waals surface area contributed by atoms with Crippen LogP contribution in [0, 0.1) is 16.7 Å². The molecule has 7 rings (SSSR count). The number of benzene rings is 3. The predicted molar refractivity (Wildman–Crippen MR) is 257 cm³/mol. The van der Waals surface area contributed by atoms with Gasteiger partial charge in [-0.3, -0.25) is 34.1 Å². The van der Waals surface area contributed by atoms with Crippen molar-refractivity contribution in [1.82, 2.24) is 16.0 Å². The molecule has 4 aliphatic rings. The molecule has 23 heteroatoms. The van der Waals surface area contributed by atoms with Gasteiger partial charge in [-0.2, -0.15) is 0 Å². The van der Waals surface area contributed by atoms with Crippen molar-refractivity contribution in [3.63, 3.8) is 0 Å². The van der Waals surface area contributed by atoms with Crippen LogP contribution in [-0.4, -0.2) is 144 Å². The van der Waals surface area contributed by atoms with E-state index in [2.05, 4.69) is 16.0 Å². The van der Waals surface area contributed by atoms with Gasteiger partial charge in [0.25, 0.3) is 5.91 Å². The number of hydrogen-bond acceptors (Lipinski definition) is 20. The monoisotopic (exact) mass is 1060 g/mol. The number of carbonyl (C=O) groups excluding carboxylic acids is 8. The lowest BCUT2D eigenvalue weighted by Gasteiger charge is -2.67. The second-order valence-electron chi connectivity index (χ2n) is 19.7. The number of fused-ring (bicyclic) bond motifs is 5. The number of aliphatic hydroxyl groups is 2. The Balaban J connectivity index is 1.38. The van der Waals surface area contributed by atoms with Crippen LogP contribution in [0.1, 0.15) is 86.7 Å². The fourth-order valence-electron chi connectivity index (χ4n) is 11.0. The summed E-state index contributed by atoms with van der Waals surface area (Å²) in [5.74, 6) is -10.9. The van der Waals surface area contributed by atoms with Crippen LogP contribution in [0.2, 0.25) is 0 Å². The van der Waals surface area contributed by atoms with Crippen LogP contribution in [0.15, 0.2) is 102 Å². The summed E-state index contributed by atoms with van der Waals surface area (Å²) in [7, 11) is -4.76. The molecule has 0 radical (unpaired) electrons. The van der Waals surface area contributed by atoms with E-state index in [-0.39, 0.29) is 34.3 Å². The predicted octanol–water partition coefficient (Wildman–Crippen LogP) is 1.50. The number of hydrogen-bond donors (Lipinski definition) is 5. The van der Waals surface area contributed by atoms with Gasteiger partial charge in [-0.05, 0) is 54.8 Å². The Morgan fingerprint density at radius 2 is 1.44 bits per heavy atom. The minimum atomic E-state index is -4.76. The van der Waals surface area contributed by atoms with E-state index >= 15 is 9.59 Å². The highest BCUT2D eigenvalue weighted by atomic mass is 32.2. The molecule has 0 aromatic heterocycles. The summed E-state index contributed by atoms with van der Waals surface area (Å²) in [5.41, 5.74) is -8.17. The van der Waals surface area contributed by atoms with Crippen LogP contribution in [0.4, 0.5) is 0 Å². The van der Waals surface area contributed by atoms with E-state index in [9.17, 15) is 52.0 Å². The maximum Gasteiger partial charge on any atom is 0.350 e. The number of aliphatic hydroxyl groups excluding tert-OH is 1. The fraction of sp³-hybridized carbons (Fsp3) is 0.462. The van der Waals surface area contributed by atoms with E-state index in [1.165, 1.54) is 64.1 Å². The third-order valence-electron chi connectivity index (χ3n) is 14.7. The van der Waals surface area contributed by atoms with Gasteiger partial charge >= 0.3 is 29.8 Å². The molecule has 1 aliphatic heterocycles. The van der Waals surface area contributed by atoms with Crippen LogP contribution >= 0.6 is 0 Å². The van der Waals surface area contributed by atoms with E-state index < -0.39 is 160 Å². The van der Waals surface area contributed by atoms with Crippen LogP contribution < -0.4 is 16.0 Å². The second-order valence-corrected chi connectivity index (χ2v) is 21.1. The summed E-state index contributed by atoms with van der Waals surface area (Å²) in [4.78, 5) is 112. The van der Waals surface area contributed by atoms with E-state index in [0.717, 1.165) is 13.8 Å². The first-order chi connectivity index (χ1) is 35.2. The van der Waals surface area contributed by atoms with Gasteiger partial charge < -0.3 is 53.8 Å². The fourth-order valence-corrected chi connectivity index (χ4v) is 11.3. The highest BCUT2D eigenvalue weighted by Gasteiger charge is 2.78. The second kappa shape index (κ2) is 21.8. The molecule has 22 nitrogen and oxygen atoms in total. The standard InChI is InChI=1S/C52H59N3O19S/c1-28-34(71-48(64)42(72-38(60)25-54-37(59)24-53-27-75(66,67)68)40(31-16-10-7-11-17-31)55-46(62)32-18-12-8-13-19-32)23-52(65)45(73-47(63)33-20-14-9-15-21-33)43-50(6,35(58)22-36-51(43,26-69-36)74-30(3)57)44(61)41(70-29(2)56)39(28)49(52,4)5/h7-21,34-36,40-43,45,53,58,65H,22-27H2,1-6H3,(H,54,59)(H,55,62)(H,66,67,68)/p-1/t34-,35-,36+,40-,41+,42+,43?,45?,50+,51-,52+/m0/s1. The first-order valence-corrected chi connectivity index (χ1v) is 25.4. The summed E-state index contributed by atoms with van der Waals surface area (Å²) in [6.07, 6.45) is -11.5. The molecule has 2 amide bonds. The van der Waals surface area contributed by atoms with Crippen molar-refractivity contribution in [2.24, 2.45) is 16.7 Å². The SMILES string of the molecule is CC(=O)O[C@H]1C(=O)[C@@]2(C)C(C(OC(=O)c3ccccc3)[C@]3(O)C[C@H](OC(=O)[C@H](OC(=O)CNC(=O)CNCS(=O)(=O)[O-])[C@@H](NC(=O)c4ccccc4)c4ccccc4)C(C)=C1C3(C)C)[C@]1(OC(C)=O)CO[C@@H]1C[C@@H]2O. The highest BCUT2D eigenvalue weighted by molar-refractivity contribution is 7.85. The van der Waals surface area contributed by atoms with Crippen molar-refractivity contribution in [3.05, 3.63) is 119 Å². The zero-order valence-corrected chi connectivity index (χ0v) is 42.6. The smallest absolute Gasteiger partial charge is 0.350 e. The first kappa shape index (κ1) is 55.9. The molecule has 2 saturated carbocycles. The quantitative estimate of drug-likeness (QED) is 0.0553. The number of nitrogens with one attached hydrogen (secondary N) is 3. The molecular weight excluding hydrogens is 1000 g/mol. The molecule has 1 heterocycles. The summed E-state index contributed by atoms with van der Waals surface area (Å²) in [5, 5.41) is 33.1. The lowest BCUT2D eigenvalue weighted by molar-refractivity contribution is -0.346. The summed E-state index contributed by atoms with van der Waals surface area (Å²) in [6, 6.07) is 21.6. The topological polar surface area (TPSA) is 326 Å². The number of ether oxygens (including phenoxy) is 6. The average molecular weight is 1060 g/mol. The van der Waals surface area contributed by atoms with Gasteiger partial charge in [0.2, 0.25) is 12.0 Å². The first-order valence-electron chi connectivity index (χ1n) is 23.9. The van der Waals surface area contributed by atoms with Gasteiger partial charge in [-0.25, -0.2) is 18.0 Å². The molecule has 3 fully saturated rings. The maximum absolute atomic E-state index is 15.7. The van der Waals surface area contributed by atoms with E-state index in [1.807, 2.05) is 0 Å². The van der Waals surface area contributed by atoms with Crippen molar-refractivity contribution in [3.8, 4) is 0 Å². The number of ketones is 1. The van der Waals surface area contributed by atoms with Crippen molar-refractivity contribution in [2.45, 2.75) is 108 Å². The molecular formula is C52H58N3O19S-. The largest absolute Gasteiger partial charge is 0.747 e. The Bertz CT molecular complexity index is 2860. The van der Waals surface area contributed by atoms with Crippen molar-refractivity contribution in [1.29, 1.82) is 0 Å². The summed E-state index contributed by atoms with van der Waals surface area (Å²) in [6.45, 7) is 5.84. The molecule has 1 saturated heterocycles. The third kappa shape index (κ3) is 11.1. The number of amides is 2. The third-order valence-corrected chi connectivity index (χ3v) is 15.3. The van der Waals surface area contributed by atoms with E-state index in [1.54, 1.807) is 54.6 Å². The molecule has 3 aromatic carbocycles. The molecule has 11 atom stereocenters. The Morgan fingerprint density at radius 1 is 0.840 bits per heavy atom. The Labute approximate surface area is 431 Å². The molecule has 2 unspecified atom stereocenters. The normalized spacial score (nSPS) is 28.4. The van der Waals surface area contributed by atoms with Gasteiger partial charge in [0.1, 0.15) is 46.6 Å². The van der Waals surface area contributed by atoms with Crippen molar-refractivity contribution >= 4 is 57.6 Å². The Morgan fingerprint density at radius 3 is 2.00 bits per heavy atom. The van der Waals surface area contributed by atoms with E-state index in [0.29, 0.717) is 0 Å². The Hall–Kier alpha value is -6.89. The van der Waals surface area contributed by atoms with E-state index in [4.69, 9.17) is 28.4 Å². The molecule has 2 bridgehead atoms. The maximum atomic E-state index is 15.7. The Kier molecular flexibility index (Phi) is 16.2. The molecule has 5 N–H and O–H groups in total. The zero-order valence-electron chi connectivity index (χ0n) is 41.8. The molecule has 3 aromatic rings. The minimum Gasteiger partial charge on any atom is -0.747 e. The highest BCUT2D eigenvalue weighted by Crippen LogP contribution is 2.64. The number of esters is 5. The number of Topliss-reactive ketones (excluding diaryl/α,β-unsaturated/α-hetero) is 1. The summed E-state index contributed by atoms with van der Waals surface area (Å²) >= 11 is 0. The summed E-state index contributed by atoms with van der Waals surface area (Å²) < 4.78 is 69.5.